The van der Waals surface area contributed by atoms with E-state index in [-0.39, 0.29) is 23.8 Å². The monoisotopic (exact) mass is 723 g/mol. The van der Waals surface area contributed by atoms with Gasteiger partial charge in [0, 0.05) is 29.0 Å². The van der Waals surface area contributed by atoms with Crippen molar-refractivity contribution in [3.05, 3.63) is 129 Å². The molecule has 0 aliphatic rings. The molecule has 0 radical (unpaired) electrons. The van der Waals surface area contributed by atoms with E-state index in [4.69, 9.17) is 11.6 Å². The first-order valence-corrected chi connectivity index (χ1v) is 17.8. The van der Waals surface area contributed by atoms with Gasteiger partial charge >= 0.3 is 0 Å². The van der Waals surface area contributed by atoms with E-state index in [0.29, 0.717) is 22.8 Å². The maximum absolute atomic E-state index is 14.6. The SMILES string of the molecule is CCCCNC(=O)[C@H](Cc1ccccc1)N(Cc1cccc(Br)c1)C(=O)CN(c1ccc(Cl)cc1C)S(=O)(=O)c1ccc(C)cc1. The Balaban J connectivity index is 1.81. The summed E-state index contributed by atoms with van der Waals surface area (Å²) in [5.74, 6) is -0.812. The number of anilines is 1. The fourth-order valence-electron chi connectivity index (χ4n) is 5.14. The fourth-order valence-corrected chi connectivity index (χ4v) is 7.29. The number of nitrogens with zero attached hydrogens (tertiary/aromatic N) is 2. The molecule has 7 nitrogen and oxygen atoms in total. The minimum Gasteiger partial charge on any atom is -0.354 e. The highest BCUT2D eigenvalue weighted by Gasteiger charge is 2.35. The zero-order chi connectivity index (χ0) is 33.3. The highest BCUT2D eigenvalue weighted by atomic mass is 79.9. The van der Waals surface area contributed by atoms with E-state index in [0.717, 1.165) is 38.3 Å². The summed E-state index contributed by atoms with van der Waals surface area (Å²) >= 11 is 9.76. The maximum Gasteiger partial charge on any atom is 0.264 e. The van der Waals surface area contributed by atoms with Gasteiger partial charge in [-0.1, -0.05) is 101 Å². The molecule has 242 valence electrons. The quantitative estimate of drug-likeness (QED) is 0.137. The van der Waals surface area contributed by atoms with Crippen LogP contribution < -0.4 is 9.62 Å². The zero-order valence-corrected chi connectivity index (χ0v) is 29.4. The van der Waals surface area contributed by atoms with Crippen molar-refractivity contribution in [1.82, 2.24) is 10.2 Å². The summed E-state index contributed by atoms with van der Waals surface area (Å²) in [5.41, 5.74) is 3.49. The van der Waals surface area contributed by atoms with Gasteiger partial charge in [-0.15, -0.1) is 0 Å². The molecule has 0 aromatic heterocycles. The summed E-state index contributed by atoms with van der Waals surface area (Å²) in [7, 11) is -4.20. The molecule has 4 aromatic rings. The Kier molecular flexibility index (Phi) is 12.4. The number of amides is 2. The van der Waals surface area contributed by atoms with Crippen LogP contribution in [0.15, 0.2) is 106 Å². The molecule has 0 unspecified atom stereocenters. The third kappa shape index (κ3) is 9.21. The van der Waals surface area contributed by atoms with E-state index in [9.17, 15) is 18.0 Å². The zero-order valence-electron chi connectivity index (χ0n) is 26.2. The lowest BCUT2D eigenvalue weighted by Crippen LogP contribution is -2.53. The van der Waals surface area contributed by atoms with Gasteiger partial charge in [-0.05, 0) is 79.4 Å². The highest BCUT2D eigenvalue weighted by molar-refractivity contribution is 9.10. The van der Waals surface area contributed by atoms with Gasteiger partial charge < -0.3 is 10.2 Å². The van der Waals surface area contributed by atoms with Crippen LogP contribution in [0.4, 0.5) is 5.69 Å². The number of sulfonamides is 1. The number of carbonyl (C=O) groups is 2. The molecule has 0 aliphatic heterocycles. The second-order valence-electron chi connectivity index (χ2n) is 11.3. The molecule has 0 aliphatic carbocycles. The topological polar surface area (TPSA) is 86.8 Å². The number of rotatable bonds is 14. The summed E-state index contributed by atoms with van der Waals surface area (Å²) in [6.07, 6.45) is 1.95. The third-order valence-electron chi connectivity index (χ3n) is 7.66. The molecule has 1 N–H and O–H groups in total. The Morgan fingerprint density at radius 2 is 1.59 bits per heavy atom. The normalized spacial score (nSPS) is 11.9. The van der Waals surface area contributed by atoms with Crippen LogP contribution in [0, 0.1) is 13.8 Å². The van der Waals surface area contributed by atoms with Gasteiger partial charge in [0.1, 0.15) is 12.6 Å². The van der Waals surface area contributed by atoms with Crippen molar-refractivity contribution in [3.63, 3.8) is 0 Å². The number of hydrogen-bond acceptors (Lipinski definition) is 4. The summed E-state index contributed by atoms with van der Waals surface area (Å²) in [4.78, 5) is 30.0. The first-order valence-electron chi connectivity index (χ1n) is 15.2. The predicted molar refractivity (Wildman–Crippen MR) is 188 cm³/mol. The number of unbranched alkanes of at least 4 members (excludes halogenated alkanes) is 1. The average Bonchev–Trinajstić information content (AvgIpc) is 3.02. The highest BCUT2D eigenvalue weighted by Crippen LogP contribution is 2.30. The van der Waals surface area contributed by atoms with Crippen LogP contribution in [0.2, 0.25) is 5.02 Å². The third-order valence-corrected chi connectivity index (χ3v) is 10.2. The molecule has 10 heteroatoms. The number of benzene rings is 4. The summed E-state index contributed by atoms with van der Waals surface area (Å²) in [6, 6.07) is 27.5. The molecule has 0 saturated heterocycles. The van der Waals surface area contributed by atoms with Gasteiger partial charge in [-0.3, -0.25) is 13.9 Å². The first kappa shape index (κ1) is 35.2. The number of hydrogen-bond donors (Lipinski definition) is 1. The Bertz CT molecular complexity index is 1750. The molecule has 1 atom stereocenters. The number of halogens is 2. The van der Waals surface area contributed by atoms with Crippen LogP contribution >= 0.6 is 27.5 Å². The van der Waals surface area contributed by atoms with Gasteiger partial charge in [-0.2, -0.15) is 0 Å². The van der Waals surface area contributed by atoms with Crippen LogP contribution in [0.25, 0.3) is 0 Å². The molecule has 0 heterocycles. The first-order chi connectivity index (χ1) is 22.0. The second kappa shape index (κ2) is 16.3. The Morgan fingerprint density at radius 1 is 0.891 bits per heavy atom. The molecule has 0 saturated carbocycles. The standard InChI is InChI=1S/C36H39BrClN3O4S/c1-4-5-20-39-36(43)34(23-28-10-7-6-8-11-28)40(24-29-12-9-13-30(37)22-29)35(42)25-41(33-19-16-31(38)21-27(33)3)46(44,45)32-17-14-26(2)15-18-32/h6-19,21-22,34H,4-5,20,23-25H2,1-3H3,(H,39,43)/t34-/m0/s1. The summed E-state index contributed by atoms with van der Waals surface area (Å²) in [5, 5.41) is 3.46. The summed E-state index contributed by atoms with van der Waals surface area (Å²) in [6.45, 7) is 5.70. The Morgan fingerprint density at radius 3 is 2.24 bits per heavy atom. The van der Waals surface area contributed by atoms with Crippen LogP contribution in [-0.2, 0) is 32.6 Å². The molecular formula is C36H39BrClN3O4S. The smallest absolute Gasteiger partial charge is 0.264 e. The molecule has 4 rings (SSSR count). The molecule has 2 amide bonds. The van der Waals surface area contributed by atoms with E-state index < -0.39 is 28.5 Å². The molecule has 4 aromatic carbocycles. The van der Waals surface area contributed by atoms with Crippen molar-refractivity contribution >= 4 is 55.1 Å². The lowest BCUT2D eigenvalue weighted by atomic mass is 10.0. The van der Waals surface area contributed by atoms with Crippen molar-refractivity contribution in [1.29, 1.82) is 0 Å². The number of aryl methyl sites for hydroxylation is 2. The van der Waals surface area contributed by atoms with Crippen molar-refractivity contribution in [3.8, 4) is 0 Å². The fraction of sp³-hybridized carbons (Fsp3) is 0.278. The van der Waals surface area contributed by atoms with Crippen LogP contribution in [0.1, 0.15) is 42.0 Å². The Hall–Kier alpha value is -3.66. The predicted octanol–water partition coefficient (Wildman–Crippen LogP) is 7.47. The lowest BCUT2D eigenvalue weighted by Gasteiger charge is -2.34. The second-order valence-corrected chi connectivity index (χ2v) is 14.5. The molecule has 46 heavy (non-hydrogen) atoms. The molecule has 0 fully saturated rings. The largest absolute Gasteiger partial charge is 0.354 e. The van der Waals surface area contributed by atoms with Crippen molar-refractivity contribution < 1.29 is 18.0 Å². The van der Waals surface area contributed by atoms with E-state index in [2.05, 4.69) is 21.2 Å². The van der Waals surface area contributed by atoms with E-state index in [1.807, 2.05) is 68.4 Å². The van der Waals surface area contributed by atoms with E-state index >= 15 is 0 Å². The minimum atomic E-state index is -4.20. The van der Waals surface area contributed by atoms with Gasteiger partial charge in [-0.25, -0.2) is 8.42 Å². The van der Waals surface area contributed by atoms with Crippen molar-refractivity contribution in [2.75, 3.05) is 17.4 Å². The molecular weight excluding hydrogens is 686 g/mol. The lowest BCUT2D eigenvalue weighted by molar-refractivity contribution is -0.140. The Labute approximate surface area is 285 Å². The van der Waals surface area contributed by atoms with E-state index in [1.54, 1.807) is 37.3 Å². The van der Waals surface area contributed by atoms with Gasteiger partial charge in [0.15, 0.2) is 0 Å². The van der Waals surface area contributed by atoms with Gasteiger partial charge in [0.05, 0.1) is 10.6 Å². The molecule has 0 spiro atoms. The van der Waals surface area contributed by atoms with Crippen LogP contribution in [0.5, 0.6) is 0 Å². The number of carbonyl (C=O) groups excluding carboxylic acids is 2. The minimum absolute atomic E-state index is 0.0527. The van der Waals surface area contributed by atoms with Gasteiger partial charge in [0.25, 0.3) is 10.0 Å². The van der Waals surface area contributed by atoms with Crippen molar-refractivity contribution in [2.24, 2.45) is 0 Å². The van der Waals surface area contributed by atoms with Crippen molar-refractivity contribution in [2.45, 2.75) is 57.5 Å². The average molecular weight is 725 g/mol. The maximum atomic E-state index is 14.6. The van der Waals surface area contributed by atoms with Gasteiger partial charge in [0.2, 0.25) is 11.8 Å². The number of nitrogens with one attached hydrogen (secondary N) is 1. The van der Waals surface area contributed by atoms with Crippen LogP contribution in [0.3, 0.4) is 0 Å². The molecule has 0 bridgehead atoms. The van der Waals surface area contributed by atoms with E-state index in [1.165, 1.54) is 17.0 Å². The van der Waals surface area contributed by atoms with Crippen LogP contribution in [-0.4, -0.2) is 44.3 Å². The summed E-state index contributed by atoms with van der Waals surface area (Å²) < 4.78 is 30.4.